The number of hydrogen-bond donors (Lipinski definition) is 4. The van der Waals surface area contributed by atoms with Gasteiger partial charge in [-0.05, 0) is 42.5 Å². The third kappa shape index (κ3) is 4.37. The first kappa shape index (κ1) is 20.1. The second-order valence-electron chi connectivity index (χ2n) is 6.83. The Morgan fingerprint density at radius 1 is 1.16 bits per heavy atom. The van der Waals surface area contributed by atoms with E-state index in [0.717, 1.165) is 6.07 Å². The summed E-state index contributed by atoms with van der Waals surface area (Å²) in [6.45, 7) is 0. The van der Waals surface area contributed by atoms with Gasteiger partial charge in [-0.2, -0.15) is 4.98 Å². The Bertz CT molecular complexity index is 1210. The number of anilines is 4. The lowest BCUT2D eigenvalue weighted by Gasteiger charge is -2.23. The van der Waals surface area contributed by atoms with Gasteiger partial charge in [-0.1, -0.05) is 6.07 Å². The molecule has 3 aromatic rings. The molecular formula is C21H18FN5O4. The number of carbonyl (C=O) groups excluding carboxylic acids is 2. The Morgan fingerprint density at radius 3 is 2.65 bits per heavy atom. The van der Waals surface area contributed by atoms with Crippen LogP contribution < -0.4 is 26.2 Å². The van der Waals surface area contributed by atoms with Gasteiger partial charge in [0.15, 0.2) is 0 Å². The first-order valence-electron chi connectivity index (χ1n) is 9.34. The molecule has 1 aliphatic rings. The average Bonchev–Trinajstić information content (AvgIpc) is 2.73. The largest absolute Gasteiger partial charge is 0.497 e. The van der Waals surface area contributed by atoms with E-state index in [2.05, 4.69) is 25.9 Å². The molecule has 0 fully saturated rings. The first-order chi connectivity index (χ1) is 14.9. The molecule has 0 saturated carbocycles. The summed E-state index contributed by atoms with van der Waals surface area (Å²) in [6, 6.07) is 12.3. The van der Waals surface area contributed by atoms with E-state index < -0.39 is 29.1 Å². The summed E-state index contributed by atoms with van der Waals surface area (Å²) in [7, 11) is 1.55. The van der Waals surface area contributed by atoms with Crippen LogP contribution in [0.4, 0.5) is 27.5 Å². The van der Waals surface area contributed by atoms with Gasteiger partial charge in [-0.25, -0.2) is 4.39 Å². The number of nitrogens with zero attached hydrogens (tertiary/aromatic N) is 1. The lowest BCUT2D eigenvalue weighted by atomic mass is 9.92. The van der Waals surface area contributed by atoms with E-state index >= 15 is 0 Å². The van der Waals surface area contributed by atoms with Crippen LogP contribution in [0.25, 0.3) is 0 Å². The maximum atomic E-state index is 13.4. The van der Waals surface area contributed by atoms with Crippen molar-refractivity contribution in [3.8, 4) is 5.75 Å². The van der Waals surface area contributed by atoms with E-state index in [9.17, 15) is 18.8 Å². The second kappa shape index (κ2) is 8.27. The fourth-order valence-corrected chi connectivity index (χ4v) is 3.26. The average molecular weight is 423 g/mol. The predicted molar refractivity (Wildman–Crippen MR) is 112 cm³/mol. The third-order valence-electron chi connectivity index (χ3n) is 4.71. The summed E-state index contributed by atoms with van der Waals surface area (Å²) >= 11 is 0. The molecule has 2 aromatic carbocycles. The Balaban J connectivity index is 1.61. The van der Waals surface area contributed by atoms with Gasteiger partial charge in [0.05, 0.1) is 18.6 Å². The number of H-pyrrole nitrogens is 1. The zero-order valence-electron chi connectivity index (χ0n) is 16.4. The number of halogens is 1. The monoisotopic (exact) mass is 423 g/mol. The molecule has 4 N–H and O–H groups in total. The molecule has 9 nitrogen and oxygen atoms in total. The fourth-order valence-electron chi connectivity index (χ4n) is 3.26. The zero-order valence-corrected chi connectivity index (χ0v) is 16.4. The van der Waals surface area contributed by atoms with E-state index in [4.69, 9.17) is 4.74 Å². The molecule has 0 spiro atoms. The quantitative estimate of drug-likeness (QED) is 0.500. The van der Waals surface area contributed by atoms with Crippen LogP contribution in [0.1, 0.15) is 17.9 Å². The number of carbonyl (C=O) groups is 2. The molecular weight excluding hydrogens is 405 g/mol. The molecule has 0 bridgehead atoms. The standard InChI is InChI=1S/C21H18FN5O4/c1-31-14-7-5-12(6-8-14)24-21-26-18-17(20(30)27-21)15(10-16(28)25-18)19(29)23-13-4-2-3-11(22)9-13/h2-9,15H,10H2,1H3,(H,23,29)(H3,24,25,26,27,28,30). The van der Waals surface area contributed by atoms with Gasteiger partial charge in [-0.15, -0.1) is 0 Å². The van der Waals surface area contributed by atoms with Crippen molar-refractivity contribution in [2.45, 2.75) is 12.3 Å². The molecule has 1 unspecified atom stereocenters. The lowest BCUT2D eigenvalue weighted by Crippen LogP contribution is -2.36. The van der Waals surface area contributed by atoms with E-state index in [1.807, 2.05) is 0 Å². The second-order valence-corrected chi connectivity index (χ2v) is 6.83. The molecule has 1 aromatic heterocycles. The highest BCUT2D eigenvalue weighted by Crippen LogP contribution is 2.30. The minimum Gasteiger partial charge on any atom is -0.497 e. The van der Waals surface area contributed by atoms with Crippen molar-refractivity contribution in [3.63, 3.8) is 0 Å². The zero-order chi connectivity index (χ0) is 22.0. The summed E-state index contributed by atoms with van der Waals surface area (Å²) in [6.07, 6.45) is -0.232. The Morgan fingerprint density at radius 2 is 1.94 bits per heavy atom. The van der Waals surface area contributed by atoms with Crippen molar-refractivity contribution in [1.82, 2.24) is 9.97 Å². The van der Waals surface area contributed by atoms with E-state index in [1.165, 1.54) is 18.2 Å². The van der Waals surface area contributed by atoms with Crippen LogP contribution in [0.3, 0.4) is 0 Å². The van der Waals surface area contributed by atoms with Crippen molar-refractivity contribution in [2.75, 3.05) is 23.1 Å². The summed E-state index contributed by atoms with van der Waals surface area (Å²) in [5.41, 5.74) is 0.320. The summed E-state index contributed by atoms with van der Waals surface area (Å²) < 4.78 is 18.5. The molecule has 31 heavy (non-hydrogen) atoms. The number of methoxy groups -OCH3 is 1. The number of ether oxygens (including phenoxy) is 1. The van der Waals surface area contributed by atoms with Gasteiger partial charge in [0.25, 0.3) is 5.56 Å². The smallest absolute Gasteiger partial charge is 0.258 e. The van der Waals surface area contributed by atoms with Crippen molar-refractivity contribution in [1.29, 1.82) is 0 Å². The van der Waals surface area contributed by atoms with Crippen LogP contribution in [0.2, 0.25) is 0 Å². The highest BCUT2D eigenvalue weighted by atomic mass is 19.1. The van der Waals surface area contributed by atoms with E-state index in [0.29, 0.717) is 11.4 Å². The normalized spacial score (nSPS) is 14.9. The summed E-state index contributed by atoms with van der Waals surface area (Å²) in [5, 5.41) is 8.01. The Kier molecular flexibility index (Phi) is 5.35. The number of fused-ring (bicyclic) bond motifs is 1. The molecule has 2 heterocycles. The van der Waals surface area contributed by atoms with Crippen molar-refractivity contribution < 1.29 is 18.7 Å². The molecule has 10 heteroatoms. The highest BCUT2D eigenvalue weighted by Gasteiger charge is 2.34. The molecule has 0 aliphatic carbocycles. The van der Waals surface area contributed by atoms with Crippen LogP contribution in [-0.2, 0) is 9.59 Å². The molecule has 0 saturated heterocycles. The highest BCUT2D eigenvalue weighted by molar-refractivity contribution is 6.04. The number of nitrogens with one attached hydrogen (secondary N) is 4. The first-order valence-corrected chi connectivity index (χ1v) is 9.34. The van der Waals surface area contributed by atoms with Gasteiger partial charge in [0.1, 0.15) is 17.4 Å². The van der Waals surface area contributed by atoms with E-state index in [1.54, 1.807) is 31.4 Å². The molecule has 0 radical (unpaired) electrons. The topological polar surface area (TPSA) is 125 Å². The SMILES string of the molecule is COc1ccc(Nc2nc3c(c(=O)[nH]2)C(C(=O)Nc2cccc(F)c2)CC(=O)N3)cc1. The van der Waals surface area contributed by atoms with Crippen LogP contribution in [0, 0.1) is 5.82 Å². The van der Waals surface area contributed by atoms with Crippen LogP contribution >= 0.6 is 0 Å². The number of rotatable bonds is 5. The van der Waals surface area contributed by atoms with Crippen molar-refractivity contribution in [2.24, 2.45) is 0 Å². The summed E-state index contributed by atoms with van der Waals surface area (Å²) in [4.78, 5) is 44.5. The Labute approximate surface area is 175 Å². The maximum absolute atomic E-state index is 13.4. The molecule has 4 rings (SSSR count). The van der Waals surface area contributed by atoms with Gasteiger partial charge in [-0.3, -0.25) is 19.4 Å². The number of hydrogen-bond acceptors (Lipinski definition) is 6. The van der Waals surface area contributed by atoms with E-state index in [-0.39, 0.29) is 29.4 Å². The lowest BCUT2D eigenvalue weighted by molar-refractivity contribution is -0.123. The van der Waals surface area contributed by atoms with Crippen LogP contribution in [0.15, 0.2) is 53.3 Å². The number of amides is 2. The molecule has 2 amide bonds. The predicted octanol–water partition coefficient (Wildman–Crippen LogP) is 2.73. The fraction of sp³-hybridized carbons (Fsp3) is 0.143. The molecule has 1 atom stereocenters. The minimum absolute atomic E-state index is 0.00426. The molecule has 158 valence electrons. The number of aromatic nitrogens is 2. The van der Waals surface area contributed by atoms with Gasteiger partial charge < -0.3 is 20.7 Å². The Hall–Kier alpha value is -4.21. The van der Waals surface area contributed by atoms with Crippen LogP contribution in [0.5, 0.6) is 5.75 Å². The minimum atomic E-state index is -1.07. The summed E-state index contributed by atoms with van der Waals surface area (Å²) in [5.74, 6) is -1.90. The number of aromatic amines is 1. The maximum Gasteiger partial charge on any atom is 0.258 e. The van der Waals surface area contributed by atoms with Gasteiger partial charge >= 0.3 is 0 Å². The van der Waals surface area contributed by atoms with Gasteiger partial charge in [0.2, 0.25) is 17.8 Å². The van der Waals surface area contributed by atoms with Crippen LogP contribution in [-0.4, -0.2) is 28.9 Å². The molecule has 1 aliphatic heterocycles. The van der Waals surface area contributed by atoms with Crippen molar-refractivity contribution in [3.05, 3.63) is 70.3 Å². The third-order valence-corrected chi connectivity index (χ3v) is 4.71. The van der Waals surface area contributed by atoms with Crippen molar-refractivity contribution >= 4 is 35.0 Å². The van der Waals surface area contributed by atoms with Gasteiger partial charge in [0, 0.05) is 17.8 Å². The number of benzene rings is 2.